The Kier molecular flexibility index (Phi) is 6.80. The Bertz CT molecular complexity index is 877. The lowest BCUT2D eigenvalue weighted by Gasteiger charge is -2.22. The van der Waals surface area contributed by atoms with Crippen LogP contribution in [0.2, 0.25) is 0 Å². The number of benzene rings is 2. The van der Waals surface area contributed by atoms with E-state index in [-0.39, 0.29) is 17.4 Å². The average molecular weight is 418 g/mol. The topological polar surface area (TPSA) is 40.6 Å². The van der Waals surface area contributed by atoms with Crippen LogP contribution in [-0.2, 0) is 17.4 Å². The summed E-state index contributed by atoms with van der Waals surface area (Å²) in [6.07, 6.45) is -2.70. The molecule has 2 aromatic carbocycles. The number of nitrogens with zero attached hydrogens (tertiary/aromatic N) is 2. The summed E-state index contributed by atoms with van der Waals surface area (Å²) in [5, 5.41) is 0. The summed E-state index contributed by atoms with van der Waals surface area (Å²) in [7, 11) is 0. The van der Waals surface area contributed by atoms with Gasteiger partial charge in [-0.1, -0.05) is 29.8 Å². The van der Waals surface area contributed by atoms with Gasteiger partial charge in [0, 0.05) is 38.2 Å². The fourth-order valence-corrected chi connectivity index (χ4v) is 3.52. The van der Waals surface area contributed by atoms with Gasteiger partial charge in [-0.2, -0.15) is 13.2 Å². The molecule has 0 bridgehead atoms. The lowest BCUT2D eigenvalue weighted by atomic mass is 10.1. The molecule has 0 unspecified atom stereocenters. The van der Waals surface area contributed by atoms with Gasteiger partial charge in [0.15, 0.2) is 0 Å². The SMILES string of the molecule is Cc1ccc(CCC(=O)N2CCCN(C(=O)c3ccc(C(F)(F)F)cc3)CC2)cc1. The number of hydrogen-bond donors (Lipinski definition) is 0. The van der Waals surface area contributed by atoms with Crippen molar-refractivity contribution in [3.8, 4) is 0 Å². The van der Waals surface area contributed by atoms with Gasteiger partial charge in [0.05, 0.1) is 5.56 Å². The highest BCUT2D eigenvalue weighted by atomic mass is 19.4. The average Bonchev–Trinajstić information content (AvgIpc) is 2.98. The molecule has 2 amide bonds. The summed E-state index contributed by atoms with van der Waals surface area (Å²) in [5.74, 6) is -0.253. The molecule has 2 aromatic rings. The maximum absolute atomic E-state index is 12.7. The van der Waals surface area contributed by atoms with E-state index < -0.39 is 11.7 Å². The number of carbonyl (C=O) groups is 2. The number of alkyl halides is 3. The third kappa shape index (κ3) is 5.62. The Labute approximate surface area is 174 Å². The minimum absolute atomic E-state index is 0.0550. The molecular formula is C23H25F3N2O2. The summed E-state index contributed by atoms with van der Waals surface area (Å²) in [4.78, 5) is 28.6. The smallest absolute Gasteiger partial charge is 0.341 e. The van der Waals surface area contributed by atoms with E-state index in [1.807, 2.05) is 31.2 Å². The summed E-state index contributed by atoms with van der Waals surface area (Å²) in [5.41, 5.74) is 1.74. The highest BCUT2D eigenvalue weighted by Gasteiger charge is 2.30. The molecule has 0 radical (unpaired) electrons. The Morgan fingerprint density at radius 1 is 0.867 bits per heavy atom. The summed E-state index contributed by atoms with van der Waals surface area (Å²) in [6.45, 7) is 3.87. The second kappa shape index (κ2) is 9.32. The molecule has 4 nitrogen and oxygen atoms in total. The van der Waals surface area contributed by atoms with E-state index in [2.05, 4.69) is 0 Å². The normalized spacial score (nSPS) is 15.1. The zero-order chi connectivity index (χ0) is 21.7. The second-order valence-corrected chi connectivity index (χ2v) is 7.59. The summed E-state index contributed by atoms with van der Waals surface area (Å²) < 4.78 is 38.1. The highest BCUT2D eigenvalue weighted by molar-refractivity contribution is 5.94. The van der Waals surface area contributed by atoms with Crippen molar-refractivity contribution < 1.29 is 22.8 Å². The van der Waals surface area contributed by atoms with E-state index in [4.69, 9.17) is 0 Å². The number of halogens is 3. The molecule has 1 fully saturated rings. The van der Waals surface area contributed by atoms with Crippen molar-refractivity contribution >= 4 is 11.8 Å². The number of carbonyl (C=O) groups excluding carboxylic acids is 2. The van der Waals surface area contributed by atoms with Gasteiger partial charge in [-0.3, -0.25) is 9.59 Å². The van der Waals surface area contributed by atoms with Gasteiger partial charge in [0.2, 0.25) is 5.91 Å². The minimum Gasteiger partial charge on any atom is -0.341 e. The molecule has 7 heteroatoms. The summed E-state index contributed by atoms with van der Waals surface area (Å²) >= 11 is 0. The van der Waals surface area contributed by atoms with Crippen molar-refractivity contribution in [3.63, 3.8) is 0 Å². The molecule has 0 atom stereocenters. The van der Waals surface area contributed by atoms with Crippen molar-refractivity contribution in [3.05, 3.63) is 70.8 Å². The van der Waals surface area contributed by atoms with Gasteiger partial charge in [-0.05, 0) is 49.6 Å². The molecule has 1 aliphatic rings. The molecule has 0 aromatic heterocycles. The van der Waals surface area contributed by atoms with Gasteiger partial charge in [0.1, 0.15) is 0 Å². The van der Waals surface area contributed by atoms with Crippen molar-refractivity contribution in [2.75, 3.05) is 26.2 Å². The maximum Gasteiger partial charge on any atom is 0.416 e. The fraction of sp³-hybridized carbons (Fsp3) is 0.391. The van der Waals surface area contributed by atoms with E-state index in [0.29, 0.717) is 45.4 Å². The molecule has 0 saturated carbocycles. The molecule has 1 saturated heterocycles. The van der Waals surface area contributed by atoms with E-state index in [1.54, 1.807) is 9.80 Å². The standard InChI is InChI=1S/C23H25F3N2O2/c1-17-3-5-18(6-4-17)7-12-21(29)27-13-2-14-28(16-15-27)22(30)19-8-10-20(11-9-19)23(24,25)26/h3-6,8-11H,2,7,12-16H2,1H3. The van der Waals surface area contributed by atoms with Gasteiger partial charge < -0.3 is 9.80 Å². The van der Waals surface area contributed by atoms with Crippen LogP contribution < -0.4 is 0 Å². The largest absolute Gasteiger partial charge is 0.416 e. The lowest BCUT2D eigenvalue weighted by Crippen LogP contribution is -2.37. The fourth-order valence-electron chi connectivity index (χ4n) is 3.52. The molecule has 1 heterocycles. The van der Waals surface area contributed by atoms with Crippen molar-refractivity contribution in [2.24, 2.45) is 0 Å². The first-order chi connectivity index (χ1) is 14.2. The van der Waals surface area contributed by atoms with Crippen molar-refractivity contribution in [1.82, 2.24) is 9.80 Å². The lowest BCUT2D eigenvalue weighted by molar-refractivity contribution is -0.137. The molecule has 160 valence electrons. The quantitative estimate of drug-likeness (QED) is 0.742. The van der Waals surface area contributed by atoms with Crippen LogP contribution in [0.15, 0.2) is 48.5 Å². The van der Waals surface area contributed by atoms with Crippen LogP contribution in [0.1, 0.15) is 39.9 Å². The van der Waals surface area contributed by atoms with Gasteiger partial charge in [-0.15, -0.1) is 0 Å². The van der Waals surface area contributed by atoms with E-state index >= 15 is 0 Å². The third-order valence-electron chi connectivity index (χ3n) is 5.34. The van der Waals surface area contributed by atoms with Crippen LogP contribution in [0.25, 0.3) is 0 Å². The van der Waals surface area contributed by atoms with Gasteiger partial charge in [0.25, 0.3) is 5.91 Å². The molecule has 1 aliphatic heterocycles. The first kappa shape index (κ1) is 21.9. The zero-order valence-electron chi connectivity index (χ0n) is 16.9. The van der Waals surface area contributed by atoms with E-state index in [9.17, 15) is 22.8 Å². The Morgan fingerprint density at radius 3 is 2.10 bits per heavy atom. The van der Waals surface area contributed by atoms with Crippen LogP contribution in [-0.4, -0.2) is 47.8 Å². The highest BCUT2D eigenvalue weighted by Crippen LogP contribution is 2.29. The van der Waals surface area contributed by atoms with Crippen LogP contribution in [0.5, 0.6) is 0 Å². The first-order valence-corrected chi connectivity index (χ1v) is 10.0. The molecule has 30 heavy (non-hydrogen) atoms. The number of amides is 2. The third-order valence-corrected chi connectivity index (χ3v) is 5.34. The Morgan fingerprint density at radius 2 is 1.47 bits per heavy atom. The van der Waals surface area contributed by atoms with E-state index in [0.717, 1.165) is 17.7 Å². The van der Waals surface area contributed by atoms with Crippen LogP contribution in [0, 0.1) is 6.92 Å². The van der Waals surface area contributed by atoms with Gasteiger partial charge >= 0.3 is 6.18 Å². The Balaban J connectivity index is 1.54. The zero-order valence-corrected chi connectivity index (χ0v) is 16.9. The first-order valence-electron chi connectivity index (χ1n) is 10.0. The molecule has 0 N–H and O–H groups in total. The molecule has 0 spiro atoms. The monoisotopic (exact) mass is 418 g/mol. The number of hydrogen-bond acceptors (Lipinski definition) is 2. The molecule has 3 rings (SSSR count). The van der Waals surface area contributed by atoms with E-state index in [1.165, 1.54) is 17.7 Å². The van der Waals surface area contributed by atoms with Crippen LogP contribution in [0.3, 0.4) is 0 Å². The number of rotatable bonds is 4. The van der Waals surface area contributed by atoms with Crippen molar-refractivity contribution in [1.29, 1.82) is 0 Å². The maximum atomic E-state index is 12.7. The summed E-state index contributed by atoms with van der Waals surface area (Å²) in [6, 6.07) is 12.4. The predicted octanol–water partition coefficient (Wildman–Crippen LogP) is 4.32. The number of aryl methyl sites for hydroxylation is 2. The molecule has 0 aliphatic carbocycles. The van der Waals surface area contributed by atoms with Crippen LogP contribution in [0.4, 0.5) is 13.2 Å². The Hall–Kier alpha value is -2.83. The predicted molar refractivity (Wildman–Crippen MR) is 108 cm³/mol. The molecular weight excluding hydrogens is 393 g/mol. The minimum atomic E-state index is -4.43. The van der Waals surface area contributed by atoms with Gasteiger partial charge in [-0.25, -0.2) is 0 Å². The second-order valence-electron chi connectivity index (χ2n) is 7.59. The van der Waals surface area contributed by atoms with Crippen LogP contribution >= 0.6 is 0 Å². The van der Waals surface area contributed by atoms with Crippen molar-refractivity contribution in [2.45, 2.75) is 32.4 Å².